The second-order valence-electron chi connectivity index (χ2n) is 3.94. The van der Waals surface area contributed by atoms with Crippen molar-refractivity contribution >= 4 is 28.9 Å². The second-order valence-corrected chi connectivity index (χ2v) is 4.38. The third-order valence-corrected chi connectivity index (χ3v) is 2.60. The van der Waals surface area contributed by atoms with Crippen LogP contribution < -0.4 is 16.0 Å². The molecule has 19 heavy (non-hydrogen) atoms. The normalized spacial score (nSPS) is 10.0. The molecular formula is C12H18N4O2S. The molecule has 1 heterocycles. The number of anilines is 1. The van der Waals surface area contributed by atoms with E-state index in [4.69, 9.17) is 22.7 Å². The third kappa shape index (κ3) is 5.19. The molecule has 7 heteroatoms. The van der Waals surface area contributed by atoms with Crippen molar-refractivity contribution in [3.05, 3.63) is 23.9 Å². The molecule has 0 atom stereocenters. The number of rotatable bonds is 7. The molecule has 1 aromatic rings. The third-order valence-electron chi connectivity index (χ3n) is 2.39. The van der Waals surface area contributed by atoms with Crippen molar-refractivity contribution in [2.24, 2.45) is 5.73 Å². The molecule has 0 saturated carbocycles. The van der Waals surface area contributed by atoms with Gasteiger partial charge in [0.05, 0.1) is 18.8 Å². The standard InChI is InChI=1S/C12H18N4O2S/c1-16(8-11(17)14-6-7-18-2)10-5-3-4-9(15-10)12(13)19/h3-5H,6-8H2,1-2H3,(H2,13,19)(H,14,17). The number of nitrogens with zero attached hydrogens (tertiary/aromatic N) is 2. The largest absolute Gasteiger partial charge is 0.388 e. The molecule has 1 amide bonds. The van der Waals surface area contributed by atoms with Crippen molar-refractivity contribution < 1.29 is 9.53 Å². The van der Waals surface area contributed by atoms with Gasteiger partial charge in [0.25, 0.3) is 0 Å². The maximum absolute atomic E-state index is 11.6. The van der Waals surface area contributed by atoms with Crippen molar-refractivity contribution in [2.45, 2.75) is 0 Å². The summed E-state index contributed by atoms with van der Waals surface area (Å²) in [5.74, 6) is 0.550. The predicted octanol–water partition coefficient (Wildman–Crippen LogP) is -0.0854. The highest BCUT2D eigenvalue weighted by molar-refractivity contribution is 7.80. The van der Waals surface area contributed by atoms with E-state index >= 15 is 0 Å². The zero-order chi connectivity index (χ0) is 14.3. The van der Waals surface area contributed by atoms with Gasteiger partial charge in [0, 0.05) is 20.7 Å². The number of hydrogen-bond donors (Lipinski definition) is 2. The number of hydrogen-bond acceptors (Lipinski definition) is 5. The summed E-state index contributed by atoms with van der Waals surface area (Å²) in [6, 6.07) is 5.33. The number of methoxy groups -OCH3 is 1. The molecule has 0 aliphatic rings. The van der Waals surface area contributed by atoms with E-state index in [-0.39, 0.29) is 17.4 Å². The van der Waals surface area contributed by atoms with E-state index in [2.05, 4.69) is 10.3 Å². The lowest BCUT2D eigenvalue weighted by atomic mass is 10.3. The van der Waals surface area contributed by atoms with Crippen molar-refractivity contribution in [1.82, 2.24) is 10.3 Å². The quantitative estimate of drug-likeness (QED) is 0.537. The molecule has 3 N–H and O–H groups in total. The number of carbonyl (C=O) groups excluding carboxylic acids is 1. The molecule has 0 fully saturated rings. The van der Waals surface area contributed by atoms with Gasteiger partial charge in [0.15, 0.2) is 0 Å². The number of nitrogens with two attached hydrogens (primary N) is 1. The summed E-state index contributed by atoms with van der Waals surface area (Å²) < 4.78 is 4.86. The first-order chi connectivity index (χ1) is 9.04. The van der Waals surface area contributed by atoms with E-state index in [1.54, 1.807) is 37.3 Å². The van der Waals surface area contributed by atoms with Crippen LogP contribution in [0.2, 0.25) is 0 Å². The molecule has 0 unspecified atom stereocenters. The van der Waals surface area contributed by atoms with Crippen molar-refractivity contribution in [3.63, 3.8) is 0 Å². The summed E-state index contributed by atoms with van der Waals surface area (Å²) in [5, 5.41) is 2.74. The van der Waals surface area contributed by atoms with Crippen LogP contribution in [0.1, 0.15) is 5.69 Å². The Morgan fingerprint density at radius 2 is 2.32 bits per heavy atom. The number of ether oxygens (including phenoxy) is 1. The molecule has 104 valence electrons. The van der Waals surface area contributed by atoms with E-state index in [9.17, 15) is 4.79 Å². The van der Waals surface area contributed by atoms with Crippen LogP contribution >= 0.6 is 12.2 Å². The lowest BCUT2D eigenvalue weighted by molar-refractivity contribution is -0.119. The average molecular weight is 282 g/mol. The second kappa shape index (κ2) is 7.65. The molecular weight excluding hydrogens is 264 g/mol. The van der Waals surface area contributed by atoms with Gasteiger partial charge in [-0.15, -0.1) is 0 Å². The maximum atomic E-state index is 11.6. The fourth-order valence-electron chi connectivity index (χ4n) is 1.42. The molecule has 0 spiro atoms. The van der Waals surface area contributed by atoms with Crippen LogP contribution in [-0.4, -0.2) is 49.7 Å². The minimum absolute atomic E-state index is 0.0953. The number of pyridine rings is 1. The minimum atomic E-state index is -0.0953. The first-order valence-corrected chi connectivity index (χ1v) is 6.19. The summed E-state index contributed by atoms with van der Waals surface area (Å²) in [5.41, 5.74) is 6.06. The first kappa shape index (κ1) is 15.3. The smallest absolute Gasteiger partial charge is 0.239 e. The number of aromatic nitrogens is 1. The molecule has 1 rings (SSSR count). The molecule has 0 aromatic carbocycles. The Hall–Kier alpha value is -1.73. The van der Waals surface area contributed by atoms with Crippen LogP contribution in [0.15, 0.2) is 18.2 Å². The van der Waals surface area contributed by atoms with Gasteiger partial charge in [0.1, 0.15) is 10.8 Å². The van der Waals surface area contributed by atoms with E-state index in [1.165, 1.54) is 0 Å². The first-order valence-electron chi connectivity index (χ1n) is 5.78. The Labute approximate surface area is 117 Å². The topological polar surface area (TPSA) is 80.5 Å². The van der Waals surface area contributed by atoms with Crippen LogP contribution in [0.25, 0.3) is 0 Å². The van der Waals surface area contributed by atoms with Crippen LogP contribution in [0, 0.1) is 0 Å². The molecule has 0 bridgehead atoms. The minimum Gasteiger partial charge on any atom is -0.388 e. The van der Waals surface area contributed by atoms with Gasteiger partial charge in [-0.05, 0) is 12.1 Å². The Kier molecular flexibility index (Phi) is 6.17. The molecule has 0 aliphatic heterocycles. The molecule has 0 radical (unpaired) electrons. The lowest BCUT2D eigenvalue weighted by Gasteiger charge is -2.18. The van der Waals surface area contributed by atoms with E-state index in [0.29, 0.717) is 24.7 Å². The number of thiocarbonyl (C=S) groups is 1. The van der Waals surface area contributed by atoms with Crippen LogP contribution in [0.3, 0.4) is 0 Å². The predicted molar refractivity (Wildman–Crippen MR) is 78.3 cm³/mol. The Morgan fingerprint density at radius 1 is 1.58 bits per heavy atom. The molecule has 0 aliphatic carbocycles. The fourth-order valence-corrected chi connectivity index (χ4v) is 1.53. The monoisotopic (exact) mass is 282 g/mol. The van der Waals surface area contributed by atoms with Gasteiger partial charge in [0.2, 0.25) is 5.91 Å². The molecule has 0 saturated heterocycles. The lowest BCUT2D eigenvalue weighted by Crippen LogP contribution is -2.37. The maximum Gasteiger partial charge on any atom is 0.239 e. The zero-order valence-corrected chi connectivity index (χ0v) is 11.9. The van der Waals surface area contributed by atoms with Crippen molar-refractivity contribution in [1.29, 1.82) is 0 Å². The van der Waals surface area contributed by atoms with Gasteiger partial charge >= 0.3 is 0 Å². The highest BCUT2D eigenvalue weighted by Gasteiger charge is 2.09. The van der Waals surface area contributed by atoms with E-state index < -0.39 is 0 Å². The highest BCUT2D eigenvalue weighted by atomic mass is 32.1. The average Bonchev–Trinajstić information content (AvgIpc) is 2.39. The number of likely N-dealkylation sites (N-methyl/N-ethyl adjacent to an activating group) is 1. The molecule has 6 nitrogen and oxygen atoms in total. The Balaban J connectivity index is 2.57. The summed E-state index contributed by atoms with van der Waals surface area (Å²) in [4.78, 5) is 17.9. The summed E-state index contributed by atoms with van der Waals surface area (Å²) in [6.45, 7) is 1.19. The van der Waals surface area contributed by atoms with Gasteiger partial charge in [-0.2, -0.15) is 0 Å². The number of amides is 1. The number of nitrogens with one attached hydrogen (secondary N) is 1. The van der Waals surface area contributed by atoms with Gasteiger partial charge in [-0.25, -0.2) is 4.98 Å². The summed E-state index contributed by atoms with van der Waals surface area (Å²) in [6.07, 6.45) is 0. The highest BCUT2D eigenvalue weighted by Crippen LogP contribution is 2.09. The summed E-state index contributed by atoms with van der Waals surface area (Å²) >= 11 is 4.87. The summed E-state index contributed by atoms with van der Waals surface area (Å²) in [7, 11) is 3.37. The zero-order valence-electron chi connectivity index (χ0n) is 11.0. The van der Waals surface area contributed by atoms with Gasteiger partial charge in [-0.3, -0.25) is 4.79 Å². The van der Waals surface area contributed by atoms with Crippen LogP contribution in [-0.2, 0) is 9.53 Å². The SMILES string of the molecule is COCCNC(=O)CN(C)c1cccc(C(N)=S)n1. The Morgan fingerprint density at radius 3 is 2.95 bits per heavy atom. The number of carbonyl (C=O) groups is 1. The van der Waals surface area contributed by atoms with Crippen LogP contribution in [0.5, 0.6) is 0 Å². The molecule has 1 aromatic heterocycles. The van der Waals surface area contributed by atoms with E-state index in [1.807, 2.05) is 0 Å². The Bertz CT molecular complexity index is 453. The van der Waals surface area contributed by atoms with Crippen LogP contribution in [0.4, 0.5) is 5.82 Å². The fraction of sp³-hybridized carbons (Fsp3) is 0.417. The van der Waals surface area contributed by atoms with Crippen molar-refractivity contribution in [2.75, 3.05) is 38.8 Å². The van der Waals surface area contributed by atoms with E-state index in [0.717, 1.165) is 0 Å². The van der Waals surface area contributed by atoms with Gasteiger partial charge in [-0.1, -0.05) is 18.3 Å². The van der Waals surface area contributed by atoms with Gasteiger partial charge < -0.3 is 20.7 Å². The van der Waals surface area contributed by atoms with Crippen molar-refractivity contribution in [3.8, 4) is 0 Å².